The van der Waals surface area contributed by atoms with Gasteiger partial charge in [0.1, 0.15) is 0 Å². The lowest BCUT2D eigenvalue weighted by Gasteiger charge is -2.17. The van der Waals surface area contributed by atoms with Gasteiger partial charge < -0.3 is 9.80 Å². The number of hydrogen-bond donors (Lipinski definition) is 1. The molecule has 1 aromatic rings. The van der Waals surface area contributed by atoms with E-state index in [2.05, 4.69) is 13.6 Å². The second-order valence-corrected chi connectivity index (χ2v) is 3.73. The van der Waals surface area contributed by atoms with Gasteiger partial charge in [-0.3, -0.25) is 9.17 Å². The van der Waals surface area contributed by atoms with Crippen molar-refractivity contribution in [1.29, 1.82) is 0 Å². The fourth-order valence-electron chi connectivity index (χ4n) is 0.894. The highest BCUT2D eigenvalue weighted by Crippen LogP contribution is 2.00. The van der Waals surface area contributed by atoms with E-state index in [9.17, 15) is 4.79 Å². The molecule has 0 spiro atoms. The Hall–Kier alpha value is -0.880. The number of hydrogen-bond acceptors (Lipinski definition) is 5. The summed E-state index contributed by atoms with van der Waals surface area (Å²) in [4.78, 5) is 15.1. The van der Waals surface area contributed by atoms with E-state index in [4.69, 9.17) is 0 Å². The van der Waals surface area contributed by atoms with E-state index >= 15 is 0 Å². The van der Waals surface area contributed by atoms with E-state index in [1.54, 1.807) is 0 Å². The quantitative estimate of drug-likeness (QED) is 0.736. The van der Waals surface area contributed by atoms with Crippen molar-refractivity contribution in [3.8, 4) is 0 Å². The number of aromatic nitrogens is 2. The first-order valence-electron chi connectivity index (χ1n) is 4.01. The Balaban J connectivity index is 2.54. The van der Waals surface area contributed by atoms with Crippen LogP contribution in [-0.4, -0.2) is 47.9 Å². The van der Waals surface area contributed by atoms with E-state index < -0.39 is 0 Å². The van der Waals surface area contributed by atoms with E-state index in [0.717, 1.165) is 24.8 Å². The minimum Gasteiger partial charge on any atom is -0.353 e. The van der Waals surface area contributed by atoms with E-state index in [1.165, 1.54) is 0 Å². The molecule has 0 atom stereocenters. The minimum absolute atomic E-state index is 0.105. The van der Waals surface area contributed by atoms with Crippen LogP contribution in [0, 0.1) is 0 Å². The zero-order valence-electron chi connectivity index (χ0n) is 8.07. The maximum atomic E-state index is 11.1. The van der Waals surface area contributed by atoms with Crippen LogP contribution in [0.15, 0.2) is 4.79 Å². The third-order valence-electron chi connectivity index (χ3n) is 1.72. The number of nitrogens with zero attached hydrogens (tertiary/aromatic N) is 3. The molecule has 0 aliphatic rings. The molecule has 0 saturated carbocycles. The Bertz CT molecular complexity index is 305. The molecule has 0 amide bonds. The lowest BCUT2D eigenvalue weighted by atomic mass is 10.5. The van der Waals surface area contributed by atoms with Crippen LogP contribution in [0.3, 0.4) is 0 Å². The zero-order valence-corrected chi connectivity index (χ0v) is 8.89. The van der Waals surface area contributed by atoms with Crippen molar-refractivity contribution >= 4 is 17.5 Å². The van der Waals surface area contributed by atoms with Gasteiger partial charge in [0.25, 0.3) is 0 Å². The van der Waals surface area contributed by atoms with Gasteiger partial charge in [0.15, 0.2) is 0 Å². The van der Waals surface area contributed by atoms with Crippen LogP contribution in [0.5, 0.6) is 0 Å². The molecule has 0 saturated heterocycles. The number of likely N-dealkylation sites (N-methyl/N-ethyl adjacent to an activating group) is 2. The average Bonchev–Trinajstić information content (AvgIpc) is 2.47. The normalized spacial score (nSPS) is 10.8. The molecule has 1 heterocycles. The first-order valence-corrected chi connectivity index (χ1v) is 4.79. The van der Waals surface area contributed by atoms with Crippen LogP contribution in [0.25, 0.3) is 0 Å². The molecule has 0 unspecified atom stereocenters. The third-order valence-corrected chi connectivity index (χ3v) is 2.26. The standard InChI is InChI=1S/C7H14N4OS/c1-10(2)4-5-11(3)6-7(12)9-13-8-6/h4-5H2,1-3H3,(H,9,12). The maximum Gasteiger partial charge on any atom is 0.302 e. The van der Waals surface area contributed by atoms with Gasteiger partial charge in [-0.05, 0) is 14.1 Å². The van der Waals surface area contributed by atoms with Crippen molar-refractivity contribution < 1.29 is 0 Å². The van der Waals surface area contributed by atoms with Crippen LogP contribution in [-0.2, 0) is 0 Å². The van der Waals surface area contributed by atoms with Gasteiger partial charge in [0.2, 0.25) is 5.82 Å². The van der Waals surface area contributed by atoms with Crippen LogP contribution < -0.4 is 10.5 Å². The van der Waals surface area contributed by atoms with E-state index in [-0.39, 0.29) is 5.56 Å². The minimum atomic E-state index is -0.105. The fraction of sp³-hybridized carbons (Fsp3) is 0.714. The summed E-state index contributed by atoms with van der Waals surface area (Å²) in [5.74, 6) is 0.506. The monoisotopic (exact) mass is 202 g/mol. The average molecular weight is 202 g/mol. The van der Waals surface area contributed by atoms with Crippen molar-refractivity contribution in [2.24, 2.45) is 0 Å². The topological polar surface area (TPSA) is 52.2 Å². The molecule has 0 aliphatic heterocycles. The molecule has 0 aromatic carbocycles. The largest absolute Gasteiger partial charge is 0.353 e. The van der Waals surface area contributed by atoms with Gasteiger partial charge in [0.05, 0.1) is 0 Å². The number of nitrogens with one attached hydrogen (secondary N) is 1. The highest BCUT2D eigenvalue weighted by atomic mass is 32.1. The highest BCUT2D eigenvalue weighted by molar-refractivity contribution is 6.99. The van der Waals surface area contributed by atoms with Crippen molar-refractivity contribution in [1.82, 2.24) is 13.6 Å². The number of aromatic amines is 1. The maximum absolute atomic E-state index is 11.1. The van der Waals surface area contributed by atoms with Gasteiger partial charge in [-0.2, -0.15) is 4.37 Å². The molecular weight excluding hydrogens is 188 g/mol. The summed E-state index contributed by atoms with van der Waals surface area (Å²) in [7, 11) is 5.87. The highest BCUT2D eigenvalue weighted by Gasteiger charge is 2.08. The van der Waals surface area contributed by atoms with Crippen LogP contribution in [0.2, 0.25) is 0 Å². The second kappa shape index (κ2) is 4.38. The molecule has 5 nitrogen and oxygen atoms in total. The molecule has 0 fully saturated rings. The van der Waals surface area contributed by atoms with Gasteiger partial charge in [-0.15, -0.1) is 0 Å². The molecule has 0 bridgehead atoms. The van der Waals surface area contributed by atoms with Crippen LogP contribution >= 0.6 is 11.7 Å². The molecule has 1 N–H and O–H groups in total. The lowest BCUT2D eigenvalue weighted by Crippen LogP contribution is -2.31. The van der Waals surface area contributed by atoms with Crippen molar-refractivity contribution in [3.05, 3.63) is 10.4 Å². The Morgan fingerprint density at radius 3 is 2.54 bits per heavy atom. The zero-order chi connectivity index (χ0) is 9.84. The number of H-pyrrole nitrogens is 1. The summed E-state index contributed by atoms with van der Waals surface area (Å²) < 4.78 is 6.53. The van der Waals surface area contributed by atoms with E-state index in [0.29, 0.717) is 5.82 Å². The summed E-state index contributed by atoms with van der Waals surface area (Å²) >= 11 is 1.09. The molecule has 13 heavy (non-hydrogen) atoms. The summed E-state index contributed by atoms with van der Waals surface area (Å²) in [6.07, 6.45) is 0. The molecular formula is C7H14N4OS. The smallest absolute Gasteiger partial charge is 0.302 e. The summed E-state index contributed by atoms with van der Waals surface area (Å²) in [6.45, 7) is 1.72. The molecule has 1 aromatic heterocycles. The van der Waals surface area contributed by atoms with Gasteiger partial charge >= 0.3 is 5.56 Å². The Morgan fingerprint density at radius 1 is 1.38 bits per heavy atom. The van der Waals surface area contributed by atoms with Crippen LogP contribution in [0.1, 0.15) is 0 Å². The first kappa shape index (κ1) is 10.2. The molecule has 0 radical (unpaired) electrons. The summed E-state index contributed by atoms with van der Waals surface area (Å²) in [5.41, 5.74) is -0.105. The van der Waals surface area contributed by atoms with Crippen molar-refractivity contribution in [3.63, 3.8) is 0 Å². The lowest BCUT2D eigenvalue weighted by molar-refractivity contribution is 0.416. The predicted octanol–water partition coefficient (Wildman–Crippen LogP) is -0.171. The van der Waals surface area contributed by atoms with Crippen molar-refractivity contribution in [2.45, 2.75) is 0 Å². The molecule has 1 rings (SSSR count). The number of rotatable bonds is 4. The number of anilines is 1. The van der Waals surface area contributed by atoms with Gasteiger partial charge in [-0.1, -0.05) is 0 Å². The third kappa shape index (κ3) is 2.82. The Morgan fingerprint density at radius 2 is 2.08 bits per heavy atom. The second-order valence-electron chi connectivity index (χ2n) is 3.16. The Kier molecular flexibility index (Phi) is 3.44. The van der Waals surface area contributed by atoms with Gasteiger partial charge in [0, 0.05) is 31.9 Å². The van der Waals surface area contributed by atoms with Gasteiger partial charge in [-0.25, -0.2) is 0 Å². The van der Waals surface area contributed by atoms with Crippen molar-refractivity contribution in [2.75, 3.05) is 39.1 Å². The van der Waals surface area contributed by atoms with E-state index in [1.807, 2.05) is 26.0 Å². The molecule has 0 aliphatic carbocycles. The molecule has 74 valence electrons. The Labute approximate surface area is 81.3 Å². The van der Waals surface area contributed by atoms with Crippen LogP contribution in [0.4, 0.5) is 5.82 Å². The summed E-state index contributed by atoms with van der Waals surface area (Å²) in [5, 5.41) is 0. The predicted molar refractivity (Wildman–Crippen MR) is 54.6 cm³/mol. The SMILES string of the molecule is CN(C)CCN(C)c1ns[nH]c1=O. The fourth-order valence-corrected chi connectivity index (χ4v) is 1.42. The first-order chi connectivity index (χ1) is 6.11. The molecule has 6 heteroatoms. The summed E-state index contributed by atoms with van der Waals surface area (Å²) in [6, 6.07) is 0.